The largest absolute Gasteiger partial charge is 0.398 e. The van der Waals surface area contributed by atoms with Gasteiger partial charge in [0.2, 0.25) is 0 Å². The predicted octanol–water partition coefficient (Wildman–Crippen LogP) is 1.93. The van der Waals surface area contributed by atoms with E-state index in [4.69, 9.17) is 11.0 Å². The number of rotatable bonds is 2. The molecule has 2 rings (SSSR count). The highest BCUT2D eigenvalue weighted by Gasteiger charge is 2.25. The molecule has 15 heavy (non-hydrogen) atoms. The Morgan fingerprint density at radius 3 is 3.07 bits per heavy atom. The lowest BCUT2D eigenvalue weighted by atomic mass is 10.1. The van der Waals surface area contributed by atoms with Gasteiger partial charge in [-0.1, -0.05) is 13.0 Å². The van der Waals surface area contributed by atoms with Crippen molar-refractivity contribution in [2.45, 2.75) is 25.8 Å². The third kappa shape index (κ3) is 1.52. The lowest BCUT2D eigenvalue weighted by molar-refractivity contribution is 0.697. The standard InChI is InChI=1S/C12H15N3/c1-2-9(8-13)15-7-6-10-11(14)4-3-5-12(10)15/h3-5,9H,2,6-7,14H2,1H3. The van der Waals surface area contributed by atoms with Crippen LogP contribution in [0.3, 0.4) is 0 Å². The van der Waals surface area contributed by atoms with Crippen LogP contribution in [0.2, 0.25) is 0 Å². The van der Waals surface area contributed by atoms with Gasteiger partial charge >= 0.3 is 0 Å². The molecule has 0 aromatic heterocycles. The van der Waals surface area contributed by atoms with Crippen LogP contribution < -0.4 is 10.6 Å². The van der Waals surface area contributed by atoms with E-state index in [1.165, 1.54) is 5.56 Å². The zero-order chi connectivity index (χ0) is 10.8. The second kappa shape index (κ2) is 3.82. The fourth-order valence-corrected chi connectivity index (χ4v) is 2.19. The van der Waals surface area contributed by atoms with E-state index in [2.05, 4.69) is 17.0 Å². The molecule has 0 spiro atoms. The van der Waals surface area contributed by atoms with Crippen LogP contribution in [-0.4, -0.2) is 12.6 Å². The Bertz CT molecular complexity index is 406. The summed E-state index contributed by atoms with van der Waals surface area (Å²) in [5.74, 6) is 0. The van der Waals surface area contributed by atoms with Crippen LogP contribution in [-0.2, 0) is 6.42 Å². The predicted molar refractivity (Wildman–Crippen MR) is 61.6 cm³/mol. The summed E-state index contributed by atoms with van der Waals surface area (Å²) < 4.78 is 0. The molecule has 2 N–H and O–H groups in total. The first kappa shape index (κ1) is 9.85. The summed E-state index contributed by atoms with van der Waals surface area (Å²) in [5, 5.41) is 9.06. The van der Waals surface area contributed by atoms with E-state index in [-0.39, 0.29) is 6.04 Å². The van der Waals surface area contributed by atoms with E-state index in [0.717, 1.165) is 30.8 Å². The van der Waals surface area contributed by atoms with Gasteiger partial charge in [0, 0.05) is 23.5 Å². The number of nitrogen functional groups attached to an aromatic ring is 1. The summed E-state index contributed by atoms with van der Waals surface area (Å²) in [5.41, 5.74) is 9.10. The summed E-state index contributed by atoms with van der Waals surface area (Å²) in [4.78, 5) is 2.16. The van der Waals surface area contributed by atoms with Gasteiger partial charge < -0.3 is 10.6 Å². The van der Waals surface area contributed by atoms with Gasteiger partial charge in [-0.2, -0.15) is 5.26 Å². The van der Waals surface area contributed by atoms with Gasteiger partial charge in [0.15, 0.2) is 0 Å². The molecule has 0 amide bonds. The zero-order valence-electron chi connectivity index (χ0n) is 8.90. The third-order valence-electron chi connectivity index (χ3n) is 3.01. The van der Waals surface area contributed by atoms with Crippen LogP contribution in [0.15, 0.2) is 18.2 Å². The Balaban J connectivity index is 2.37. The first-order valence-electron chi connectivity index (χ1n) is 5.31. The number of fused-ring (bicyclic) bond motifs is 1. The molecule has 1 aromatic carbocycles. The summed E-state index contributed by atoms with van der Waals surface area (Å²) in [6, 6.07) is 8.25. The van der Waals surface area contributed by atoms with Gasteiger partial charge in [-0.3, -0.25) is 0 Å². The van der Waals surface area contributed by atoms with Crippen molar-refractivity contribution in [2.75, 3.05) is 17.2 Å². The van der Waals surface area contributed by atoms with Crippen LogP contribution >= 0.6 is 0 Å². The monoisotopic (exact) mass is 201 g/mol. The maximum Gasteiger partial charge on any atom is 0.116 e. The Morgan fingerprint density at radius 2 is 2.40 bits per heavy atom. The summed E-state index contributed by atoms with van der Waals surface area (Å²) in [7, 11) is 0. The van der Waals surface area contributed by atoms with Crippen molar-refractivity contribution in [3.05, 3.63) is 23.8 Å². The van der Waals surface area contributed by atoms with Crippen LogP contribution in [0.4, 0.5) is 11.4 Å². The molecule has 1 atom stereocenters. The quantitative estimate of drug-likeness (QED) is 0.744. The molecule has 0 bridgehead atoms. The molecule has 1 aliphatic heterocycles. The maximum absolute atomic E-state index is 9.06. The summed E-state index contributed by atoms with van der Waals surface area (Å²) in [6.45, 7) is 2.95. The zero-order valence-corrected chi connectivity index (χ0v) is 8.90. The van der Waals surface area contributed by atoms with Crippen LogP contribution in [0.1, 0.15) is 18.9 Å². The minimum atomic E-state index is -0.0203. The molecule has 1 unspecified atom stereocenters. The average molecular weight is 201 g/mol. The Kier molecular flexibility index (Phi) is 2.51. The van der Waals surface area contributed by atoms with Crippen molar-refractivity contribution in [3.8, 4) is 6.07 Å². The van der Waals surface area contributed by atoms with E-state index in [0.29, 0.717) is 0 Å². The van der Waals surface area contributed by atoms with E-state index < -0.39 is 0 Å². The normalized spacial score (nSPS) is 15.9. The number of hydrogen-bond donors (Lipinski definition) is 1. The first-order chi connectivity index (χ1) is 7.27. The molecule has 0 aliphatic carbocycles. The van der Waals surface area contributed by atoms with Gasteiger partial charge in [0.05, 0.1) is 6.07 Å². The molecule has 0 radical (unpaired) electrons. The number of nitrogens with zero attached hydrogens (tertiary/aromatic N) is 2. The molecule has 78 valence electrons. The van der Waals surface area contributed by atoms with E-state index in [9.17, 15) is 0 Å². The summed E-state index contributed by atoms with van der Waals surface area (Å²) >= 11 is 0. The second-order valence-corrected chi connectivity index (χ2v) is 3.84. The number of nitrogens with two attached hydrogens (primary N) is 1. The molecular weight excluding hydrogens is 186 g/mol. The van der Waals surface area contributed by atoms with Gasteiger partial charge in [-0.15, -0.1) is 0 Å². The first-order valence-corrected chi connectivity index (χ1v) is 5.31. The van der Waals surface area contributed by atoms with E-state index in [1.807, 2.05) is 19.1 Å². The van der Waals surface area contributed by atoms with Crippen molar-refractivity contribution in [3.63, 3.8) is 0 Å². The number of benzene rings is 1. The van der Waals surface area contributed by atoms with Crippen molar-refractivity contribution in [2.24, 2.45) is 0 Å². The molecule has 1 aromatic rings. The van der Waals surface area contributed by atoms with Crippen molar-refractivity contribution < 1.29 is 0 Å². The van der Waals surface area contributed by atoms with Gasteiger partial charge in [-0.25, -0.2) is 0 Å². The molecule has 0 fully saturated rings. The smallest absolute Gasteiger partial charge is 0.116 e. The molecule has 0 saturated heterocycles. The fourth-order valence-electron chi connectivity index (χ4n) is 2.19. The van der Waals surface area contributed by atoms with Crippen molar-refractivity contribution in [1.29, 1.82) is 5.26 Å². The van der Waals surface area contributed by atoms with E-state index >= 15 is 0 Å². The second-order valence-electron chi connectivity index (χ2n) is 3.84. The van der Waals surface area contributed by atoms with Crippen molar-refractivity contribution in [1.82, 2.24) is 0 Å². The maximum atomic E-state index is 9.06. The minimum absolute atomic E-state index is 0.0203. The minimum Gasteiger partial charge on any atom is -0.398 e. The molecule has 3 nitrogen and oxygen atoms in total. The van der Waals surface area contributed by atoms with Crippen LogP contribution in [0.25, 0.3) is 0 Å². The topological polar surface area (TPSA) is 53.0 Å². The molecule has 3 heteroatoms. The van der Waals surface area contributed by atoms with Gasteiger partial charge in [0.1, 0.15) is 6.04 Å². The van der Waals surface area contributed by atoms with Crippen LogP contribution in [0.5, 0.6) is 0 Å². The van der Waals surface area contributed by atoms with Crippen LogP contribution in [0, 0.1) is 11.3 Å². The van der Waals surface area contributed by atoms with Gasteiger partial charge in [0.25, 0.3) is 0 Å². The highest BCUT2D eigenvalue weighted by Crippen LogP contribution is 2.33. The SMILES string of the molecule is CCC(C#N)N1CCc2c(N)cccc21. The third-order valence-corrected chi connectivity index (χ3v) is 3.01. The summed E-state index contributed by atoms with van der Waals surface area (Å²) in [6.07, 6.45) is 1.81. The lowest BCUT2D eigenvalue weighted by Crippen LogP contribution is -2.31. The Morgan fingerprint density at radius 1 is 1.60 bits per heavy atom. The van der Waals surface area contributed by atoms with Gasteiger partial charge in [-0.05, 0) is 25.0 Å². The molecular formula is C12H15N3. The Labute approximate surface area is 90.1 Å². The van der Waals surface area contributed by atoms with Crippen molar-refractivity contribution >= 4 is 11.4 Å². The molecule has 1 aliphatic rings. The van der Waals surface area contributed by atoms with E-state index in [1.54, 1.807) is 0 Å². The molecule has 1 heterocycles. The highest BCUT2D eigenvalue weighted by atomic mass is 15.2. The number of hydrogen-bond acceptors (Lipinski definition) is 3. The number of anilines is 2. The fraction of sp³-hybridized carbons (Fsp3) is 0.417. The Hall–Kier alpha value is -1.69. The average Bonchev–Trinajstić information content (AvgIpc) is 2.66. The highest BCUT2D eigenvalue weighted by molar-refractivity contribution is 5.69. The lowest BCUT2D eigenvalue weighted by Gasteiger charge is -2.23. The number of nitriles is 1. The molecule has 0 saturated carbocycles.